The van der Waals surface area contributed by atoms with Gasteiger partial charge in [-0.3, -0.25) is 9.59 Å². The van der Waals surface area contributed by atoms with Crippen LogP contribution in [0.1, 0.15) is 29.6 Å². The van der Waals surface area contributed by atoms with Crippen LogP contribution in [0.2, 0.25) is 0 Å². The van der Waals surface area contributed by atoms with Gasteiger partial charge in [-0.25, -0.2) is 0 Å². The highest BCUT2D eigenvalue weighted by molar-refractivity contribution is 7.80. The van der Waals surface area contributed by atoms with Crippen molar-refractivity contribution in [1.29, 1.82) is 0 Å². The van der Waals surface area contributed by atoms with Crippen molar-refractivity contribution in [1.82, 2.24) is 15.1 Å². The van der Waals surface area contributed by atoms with Gasteiger partial charge in [-0.05, 0) is 55.1 Å². The number of likely N-dealkylation sites (tertiary alicyclic amines) is 2. The summed E-state index contributed by atoms with van der Waals surface area (Å²) in [6, 6.07) is 5.27. The lowest BCUT2D eigenvalue weighted by Crippen LogP contribution is -2.46. The van der Waals surface area contributed by atoms with Gasteiger partial charge in [0, 0.05) is 26.2 Å². The highest BCUT2D eigenvalue weighted by atomic mass is 32.1. The van der Waals surface area contributed by atoms with Crippen LogP contribution < -0.4 is 14.8 Å². The fourth-order valence-corrected chi connectivity index (χ4v) is 4.41. The van der Waals surface area contributed by atoms with E-state index in [0.717, 1.165) is 32.4 Å². The molecule has 2 heterocycles. The van der Waals surface area contributed by atoms with Crippen LogP contribution >= 0.6 is 12.2 Å². The van der Waals surface area contributed by atoms with E-state index in [1.165, 1.54) is 7.11 Å². The van der Waals surface area contributed by atoms with E-state index < -0.39 is 0 Å². The van der Waals surface area contributed by atoms with E-state index in [-0.39, 0.29) is 23.8 Å². The molecule has 0 saturated carbocycles. The topological polar surface area (TPSA) is 80.3 Å². The quantitative estimate of drug-likeness (QED) is 0.553. The molecule has 2 fully saturated rings. The second-order valence-corrected chi connectivity index (χ2v) is 8.15. The number of hydrogen-bond acceptors (Lipinski definition) is 6. The maximum Gasteiger partial charge on any atom is 0.325 e. The Balaban J connectivity index is 1.58. The lowest BCUT2D eigenvalue weighted by atomic mass is 9.77. The first-order valence-electron chi connectivity index (χ1n) is 10.0. The number of esters is 1. The second kappa shape index (κ2) is 9.51. The van der Waals surface area contributed by atoms with Crippen LogP contribution in [0.5, 0.6) is 11.5 Å². The fraction of sp³-hybridized carbons (Fsp3) is 0.571. The molecule has 2 saturated heterocycles. The smallest absolute Gasteiger partial charge is 0.325 e. The molecule has 0 radical (unpaired) electrons. The van der Waals surface area contributed by atoms with E-state index in [1.807, 2.05) is 4.90 Å². The molecule has 0 unspecified atom stereocenters. The Hall–Kier alpha value is -2.55. The zero-order valence-electron chi connectivity index (χ0n) is 17.7. The van der Waals surface area contributed by atoms with Crippen LogP contribution in [-0.2, 0) is 9.53 Å². The van der Waals surface area contributed by atoms with Gasteiger partial charge < -0.3 is 29.3 Å². The Morgan fingerprint density at radius 2 is 1.73 bits per heavy atom. The van der Waals surface area contributed by atoms with Crippen molar-refractivity contribution in [3.63, 3.8) is 0 Å². The summed E-state index contributed by atoms with van der Waals surface area (Å²) in [6.07, 6.45) is 2.86. The van der Waals surface area contributed by atoms with Crippen molar-refractivity contribution >= 4 is 29.2 Å². The molecule has 1 spiro atoms. The number of carbonyl (C=O) groups is 2. The molecule has 1 amide bonds. The van der Waals surface area contributed by atoms with E-state index >= 15 is 0 Å². The molecule has 3 rings (SSSR count). The van der Waals surface area contributed by atoms with Gasteiger partial charge in [0.15, 0.2) is 5.11 Å². The van der Waals surface area contributed by atoms with Crippen molar-refractivity contribution in [3.05, 3.63) is 23.8 Å². The third kappa shape index (κ3) is 4.77. The minimum absolute atomic E-state index is 0.0364. The Morgan fingerprint density at radius 1 is 1.07 bits per heavy atom. The molecule has 0 atom stereocenters. The highest BCUT2D eigenvalue weighted by Crippen LogP contribution is 2.41. The Bertz CT molecular complexity index is 808. The molecule has 9 heteroatoms. The summed E-state index contributed by atoms with van der Waals surface area (Å²) in [7, 11) is 4.50. The minimum Gasteiger partial charge on any atom is -0.497 e. The molecule has 30 heavy (non-hydrogen) atoms. The molecular weight excluding hydrogens is 406 g/mol. The van der Waals surface area contributed by atoms with Gasteiger partial charge in [0.25, 0.3) is 5.91 Å². The summed E-state index contributed by atoms with van der Waals surface area (Å²) in [6.45, 7) is 3.14. The number of ether oxygens (including phenoxy) is 3. The molecule has 0 aromatic heterocycles. The normalized spacial score (nSPS) is 17.6. The molecule has 8 nitrogen and oxygen atoms in total. The van der Waals surface area contributed by atoms with Gasteiger partial charge in [-0.2, -0.15) is 0 Å². The maximum absolute atomic E-state index is 13.1. The Kier molecular flexibility index (Phi) is 7.02. The first-order valence-corrected chi connectivity index (χ1v) is 10.4. The number of benzene rings is 1. The van der Waals surface area contributed by atoms with Crippen molar-refractivity contribution in [2.75, 3.05) is 54.1 Å². The van der Waals surface area contributed by atoms with E-state index in [4.69, 9.17) is 21.7 Å². The van der Waals surface area contributed by atoms with Crippen LogP contribution in [0.25, 0.3) is 0 Å². The number of nitrogens with zero attached hydrogens (tertiary/aromatic N) is 2. The minimum atomic E-state index is -0.342. The van der Waals surface area contributed by atoms with Crippen molar-refractivity contribution in [2.24, 2.45) is 5.41 Å². The number of carbonyl (C=O) groups excluding carboxylic acids is 2. The standard InChI is InChI=1S/C21H29N3O5S/c1-27-15-4-5-17(28-2)16(12-15)19(26)23-9-6-21(7-10-23)8-11-24(14-21)20(30)22-13-18(25)29-3/h4-5,12H,6-11,13-14H2,1-3H3,(H,22,30). The maximum atomic E-state index is 13.1. The van der Waals surface area contributed by atoms with E-state index in [9.17, 15) is 9.59 Å². The van der Waals surface area contributed by atoms with Gasteiger partial charge in [-0.15, -0.1) is 0 Å². The Labute approximate surface area is 182 Å². The van der Waals surface area contributed by atoms with Gasteiger partial charge in [0.05, 0.1) is 26.9 Å². The molecule has 2 aliphatic rings. The van der Waals surface area contributed by atoms with E-state index in [0.29, 0.717) is 35.3 Å². The number of rotatable bonds is 5. The lowest BCUT2D eigenvalue weighted by molar-refractivity contribution is -0.139. The molecule has 164 valence electrons. The van der Waals surface area contributed by atoms with Gasteiger partial charge >= 0.3 is 5.97 Å². The van der Waals surface area contributed by atoms with Crippen LogP contribution in [0.15, 0.2) is 18.2 Å². The van der Waals surface area contributed by atoms with Crippen LogP contribution in [-0.4, -0.2) is 80.8 Å². The van der Waals surface area contributed by atoms with E-state index in [1.54, 1.807) is 32.4 Å². The first-order chi connectivity index (χ1) is 14.4. The molecule has 1 aromatic rings. The lowest BCUT2D eigenvalue weighted by Gasteiger charge is -2.39. The summed E-state index contributed by atoms with van der Waals surface area (Å²) < 4.78 is 15.3. The summed E-state index contributed by atoms with van der Waals surface area (Å²) in [5.74, 6) is 0.805. The summed E-state index contributed by atoms with van der Waals surface area (Å²) in [5, 5.41) is 3.54. The van der Waals surface area contributed by atoms with Crippen LogP contribution in [0.3, 0.4) is 0 Å². The second-order valence-electron chi connectivity index (χ2n) is 7.76. The molecule has 1 N–H and O–H groups in total. The number of methoxy groups -OCH3 is 3. The third-order valence-electron chi connectivity index (χ3n) is 6.09. The predicted molar refractivity (Wildman–Crippen MR) is 116 cm³/mol. The first kappa shape index (κ1) is 22.1. The monoisotopic (exact) mass is 435 g/mol. The van der Waals surface area contributed by atoms with Crippen LogP contribution in [0, 0.1) is 5.41 Å². The molecule has 0 aliphatic carbocycles. The third-order valence-corrected chi connectivity index (χ3v) is 6.49. The molecular formula is C21H29N3O5S. The number of hydrogen-bond donors (Lipinski definition) is 1. The number of amides is 1. The van der Waals surface area contributed by atoms with Crippen molar-refractivity contribution < 1.29 is 23.8 Å². The Morgan fingerprint density at radius 3 is 2.33 bits per heavy atom. The largest absolute Gasteiger partial charge is 0.497 e. The average Bonchev–Trinajstić information content (AvgIpc) is 3.20. The zero-order chi connectivity index (χ0) is 21.7. The summed E-state index contributed by atoms with van der Waals surface area (Å²) in [5.41, 5.74) is 0.667. The SMILES string of the molecule is COC(=O)CNC(=S)N1CCC2(CCN(C(=O)c3cc(OC)ccc3OC)CC2)C1. The van der Waals surface area contributed by atoms with Crippen LogP contribution in [0.4, 0.5) is 0 Å². The van der Waals surface area contributed by atoms with Crippen molar-refractivity contribution in [3.8, 4) is 11.5 Å². The van der Waals surface area contributed by atoms with E-state index in [2.05, 4.69) is 15.0 Å². The fourth-order valence-electron chi connectivity index (χ4n) is 4.18. The molecule has 2 aliphatic heterocycles. The summed E-state index contributed by atoms with van der Waals surface area (Å²) >= 11 is 5.43. The molecule has 0 bridgehead atoms. The van der Waals surface area contributed by atoms with Gasteiger partial charge in [-0.1, -0.05) is 0 Å². The molecule has 1 aromatic carbocycles. The number of thiocarbonyl (C=S) groups is 1. The van der Waals surface area contributed by atoms with Gasteiger partial charge in [0.2, 0.25) is 0 Å². The average molecular weight is 436 g/mol. The number of piperidine rings is 1. The highest BCUT2D eigenvalue weighted by Gasteiger charge is 2.42. The summed E-state index contributed by atoms with van der Waals surface area (Å²) in [4.78, 5) is 28.4. The van der Waals surface area contributed by atoms with Gasteiger partial charge in [0.1, 0.15) is 18.0 Å². The zero-order valence-corrected chi connectivity index (χ0v) is 18.5. The number of nitrogens with one attached hydrogen (secondary N) is 1. The predicted octanol–water partition coefficient (Wildman–Crippen LogP) is 1.68. The van der Waals surface area contributed by atoms with Crippen molar-refractivity contribution in [2.45, 2.75) is 19.3 Å².